The fourth-order valence-electron chi connectivity index (χ4n) is 2.87. The van der Waals surface area contributed by atoms with Gasteiger partial charge in [-0.3, -0.25) is 0 Å². The lowest BCUT2D eigenvalue weighted by atomic mass is 9.88. The van der Waals surface area contributed by atoms with Crippen molar-refractivity contribution in [2.45, 2.75) is 18.4 Å². The van der Waals surface area contributed by atoms with Gasteiger partial charge in [-0.2, -0.15) is 5.06 Å². The zero-order valence-electron chi connectivity index (χ0n) is 11.6. The molecule has 0 radical (unpaired) electrons. The van der Waals surface area contributed by atoms with E-state index in [1.54, 1.807) is 36.4 Å². The van der Waals surface area contributed by atoms with E-state index in [1.165, 1.54) is 0 Å². The molecule has 0 bridgehead atoms. The topological polar surface area (TPSA) is 59.0 Å². The van der Waals surface area contributed by atoms with E-state index in [0.29, 0.717) is 36.5 Å². The Labute approximate surface area is 127 Å². The van der Waals surface area contributed by atoms with Crippen LogP contribution in [0, 0.1) is 0 Å². The molecule has 0 atom stereocenters. The Morgan fingerprint density at radius 2 is 2.10 bits per heavy atom. The monoisotopic (exact) mass is 309 g/mol. The lowest BCUT2D eigenvalue weighted by Crippen LogP contribution is -2.45. The van der Waals surface area contributed by atoms with E-state index in [1.807, 2.05) is 0 Å². The van der Waals surface area contributed by atoms with Gasteiger partial charge in [0.15, 0.2) is 11.4 Å². The van der Waals surface area contributed by atoms with Crippen molar-refractivity contribution in [1.82, 2.24) is 5.06 Å². The Morgan fingerprint density at radius 1 is 1.38 bits per heavy atom. The average molecular weight is 310 g/mol. The molecule has 1 N–H and O–H groups in total. The highest BCUT2D eigenvalue weighted by Crippen LogP contribution is 2.43. The van der Waals surface area contributed by atoms with Gasteiger partial charge in [-0.1, -0.05) is 23.7 Å². The third-order valence-electron chi connectivity index (χ3n) is 4.06. The second-order valence-corrected chi connectivity index (χ2v) is 5.67. The van der Waals surface area contributed by atoms with Crippen LogP contribution < -0.4 is 0 Å². The van der Waals surface area contributed by atoms with Crippen molar-refractivity contribution in [3.63, 3.8) is 0 Å². The molecule has 1 aromatic rings. The maximum Gasteiger partial charge on any atom is 0.343 e. The Morgan fingerprint density at radius 3 is 2.71 bits per heavy atom. The molecular weight excluding hydrogens is 294 g/mol. The third kappa shape index (κ3) is 2.41. The number of esters is 1. The van der Waals surface area contributed by atoms with Crippen molar-refractivity contribution in [2.75, 3.05) is 20.2 Å². The van der Waals surface area contributed by atoms with Gasteiger partial charge < -0.3 is 14.7 Å². The maximum absolute atomic E-state index is 12.2. The fourth-order valence-corrected chi connectivity index (χ4v) is 3.06. The summed E-state index contributed by atoms with van der Waals surface area (Å²) in [5.41, 5.74) is -0.136. The molecule has 2 aliphatic heterocycles. The van der Waals surface area contributed by atoms with Crippen molar-refractivity contribution in [3.05, 3.63) is 40.6 Å². The third-order valence-corrected chi connectivity index (χ3v) is 4.30. The molecule has 0 unspecified atom stereocenters. The number of aliphatic hydroxyl groups excluding tert-OH is 1. The van der Waals surface area contributed by atoms with Crippen molar-refractivity contribution >= 4 is 23.1 Å². The van der Waals surface area contributed by atoms with Crippen LogP contribution >= 0.6 is 11.6 Å². The molecule has 1 spiro atoms. The molecule has 0 aromatic heterocycles. The molecule has 5 nitrogen and oxygen atoms in total. The minimum absolute atomic E-state index is 0.00511. The van der Waals surface area contributed by atoms with Crippen LogP contribution in [-0.4, -0.2) is 41.9 Å². The molecule has 0 saturated carbocycles. The van der Waals surface area contributed by atoms with E-state index < -0.39 is 11.6 Å². The van der Waals surface area contributed by atoms with E-state index >= 15 is 0 Å². The summed E-state index contributed by atoms with van der Waals surface area (Å²) in [6, 6.07) is 6.85. The van der Waals surface area contributed by atoms with Gasteiger partial charge in [-0.25, -0.2) is 4.79 Å². The van der Waals surface area contributed by atoms with E-state index in [2.05, 4.69) is 0 Å². The van der Waals surface area contributed by atoms with Gasteiger partial charge >= 0.3 is 5.97 Å². The molecule has 0 aliphatic carbocycles. The van der Waals surface area contributed by atoms with Gasteiger partial charge in [0.05, 0.1) is 7.11 Å². The summed E-state index contributed by atoms with van der Waals surface area (Å²) in [6.07, 6.45) is 1.00. The summed E-state index contributed by atoms with van der Waals surface area (Å²) >= 11 is 5.95. The zero-order chi connectivity index (χ0) is 15.0. The van der Waals surface area contributed by atoms with Crippen LogP contribution in [0.5, 0.6) is 0 Å². The molecule has 1 fully saturated rings. The van der Waals surface area contributed by atoms with E-state index in [4.69, 9.17) is 21.2 Å². The molecule has 1 saturated heterocycles. The first-order chi connectivity index (χ1) is 10.1. The van der Waals surface area contributed by atoms with Gasteiger partial charge in [-0.15, -0.1) is 0 Å². The number of piperidine rings is 1. The average Bonchev–Trinajstić information content (AvgIpc) is 2.71. The van der Waals surface area contributed by atoms with E-state index in [-0.39, 0.29) is 11.3 Å². The van der Waals surface area contributed by atoms with Gasteiger partial charge in [-0.05, 0) is 17.7 Å². The van der Waals surface area contributed by atoms with E-state index in [0.717, 1.165) is 0 Å². The number of carbonyl (C=O) groups excluding carboxylic acids is 1. The predicted molar refractivity (Wildman–Crippen MR) is 77.6 cm³/mol. The van der Waals surface area contributed by atoms with Crippen LogP contribution in [-0.2, 0) is 14.4 Å². The Kier molecular flexibility index (Phi) is 3.65. The number of nitrogens with zero attached hydrogens (tertiary/aromatic N) is 1. The number of hydrogen-bond donors (Lipinski definition) is 1. The van der Waals surface area contributed by atoms with Crippen LogP contribution in [0.25, 0.3) is 5.57 Å². The second-order valence-electron chi connectivity index (χ2n) is 5.23. The van der Waals surface area contributed by atoms with Crippen molar-refractivity contribution in [3.8, 4) is 0 Å². The largest absolute Gasteiger partial charge is 0.507 e. The minimum Gasteiger partial charge on any atom is -0.507 e. The van der Waals surface area contributed by atoms with Crippen molar-refractivity contribution in [1.29, 1.82) is 0 Å². The Bertz CT molecular complexity index is 605. The number of aliphatic hydroxyl groups is 1. The molecule has 6 heteroatoms. The quantitative estimate of drug-likeness (QED) is 0.851. The SMILES string of the molecule is CON1CCC2(CC1)OC(=O)C(c1cccc(Cl)c1)=C2O. The summed E-state index contributed by atoms with van der Waals surface area (Å²) in [6.45, 7) is 1.19. The van der Waals surface area contributed by atoms with Crippen LogP contribution in [0.15, 0.2) is 30.0 Å². The van der Waals surface area contributed by atoms with Crippen molar-refractivity contribution in [2.24, 2.45) is 0 Å². The number of carbonyl (C=O) groups is 1. The summed E-state index contributed by atoms with van der Waals surface area (Å²) in [7, 11) is 1.60. The van der Waals surface area contributed by atoms with E-state index in [9.17, 15) is 9.90 Å². The molecule has 0 amide bonds. The fraction of sp³-hybridized carbons (Fsp3) is 0.400. The van der Waals surface area contributed by atoms with Crippen LogP contribution in [0.1, 0.15) is 18.4 Å². The van der Waals surface area contributed by atoms with Gasteiger partial charge in [0.2, 0.25) is 0 Å². The number of hydrogen-bond acceptors (Lipinski definition) is 5. The van der Waals surface area contributed by atoms with Gasteiger partial charge in [0.1, 0.15) is 5.57 Å². The smallest absolute Gasteiger partial charge is 0.343 e. The molecule has 3 rings (SSSR count). The van der Waals surface area contributed by atoms with Gasteiger partial charge in [0, 0.05) is 31.0 Å². The lowest BCUT2D eigenvalue weighted by Gasteiger charge is -2.36. The molecule has 2 heterocycles. The van der Waals surface area contributed by atoms with Crippen molar-refractivity contribution < 1.29 is 19.5 Å². The number of benzene rings is 1. The van der Waals surface area contributed by atoms with Crippen LogP contribution in [0.4, 0.5) is 0 Å². The highest BCUT2D eigenvalue weighted by atomic mass is 35.5. The highest BCUT2D eigenvalue weighted by Gasteiger charge is 2.50. The van der Waals surface area contributed by atoms with Crippen LogP contribution in [0.3, 0.4) is 0 Å². The normalized spacial score (nSPS) is 21.9. The Hall–Kier alpha value is -1.56. The first-order valence-electron chi connectivity index (χ1n) is 6.78. The first kappa shape index (κ1) is 14.4. The first-order valence-corrected chi connectivity index (χ1v) is 7.15. The summed E-state index contributed by atoms with van der Waals surface area (Å²) in [5.74, 6) is -0.494. The van der Waals surface area contributed by atoms with Gasteiger partial charge in [0.25, 0.3) is 0 Å². The molecular formula is C15H16ClNO4. The summed E-state index contributed by atoms with van der Waals surface area (Å²) < 4.78 is 5.51. The lowest BCUT2D eigenvalue weighted by molar-refractivity contribution is -0.182. The number of halogens is 1. The molecule has 21 heavy (non-hydrogen) atoms. The minimum atomic E-state index is -0.927. The highest BCUT2D eigenvalue weighted by molar-refractivity contribution is 6.31. The standard InChI is InChI=1S/C15H16ClNO4/c1-20-17-7-5-15(6-8-17)13(18)12(14(19)21-15)10-3-2-4-11(16)9-10/h2-4,9,18H,5-8H2,1H3. The Balaban J connectivity index is 1.95. The summed E-state index contributed by atoms with van der Waals surface area (Å²) in [5, 5.41) is 12.9. The zero-order valence-corrected chi connectivity index (χ0v) is 12.4. The number of hydroxylamine groups is 2. The molecule has 112 valence electrons. The predicted octanol–water partition coefficient (Wildman–Crippen LogP) is 2.56. The second kappa shape index (κ2) is 5.33. The summed E-state index contributed by atoms with van der Waals surface area (Å²) in [4.78, 5) is 17.4. The number of rotatable bonds is 2. The maximum atomic E-state index is 12.2. The molecule has 2 aliphatic rings. The molecule has 1 aromatic carbocycles. The number of ether oxygens (including phenoxy) is 1. The van der Waals surface area contributed by atoms with Crippen LogP contribution in [0.2, 0.25) is 5.02 Å².